The molecule has 0 amide bonds. The van der Waals surface area contributed by atoms with Crippen LogP contribution >= 0.6 is 11.3 Å². The Morgan fingerprint density at radius 2 is 2.12 bits per heavy atom. The topological polar surface area (TPSA) is 30.0 Å². The molecule has 0 N–H and O–H groups in total. The normalized spacial score (nSPS) is 10.5. The maximum Gasteiger partial charge on any atom is 0.144 e. The van der Waals surface area contributed by atoms with Gasteiger partial charge in [0.2, 0.25) is 0 Å². The summed E-state index contributed by atoms with van der Waals surface area (Å²) in [6.45, 7) is 3.99. The molecule has 0 unspecified atom stereocenters. The van der Waals surface area contributed by atoms with Crippen molar-refractivity contribution in [3.63, 3.8) is 0 Å². The Morgan fingerprint density at radius 3 is 2.76 bits per heavy atom. The maximum atomic E-state index is 11.9. The van der Waals surface area contributed by atoms with Crippen molar-refractivity contribution in [1.29, 1.82) is 0 Å². The van der Waals surface area contributed by atoms with E-state index < -0.39 is 0 Å². The summed E-state index contributed by atoms with van der Waals surface area (Å²) in [5, 5.41) is 2.90. The molecule has 0 atom stereocenters. The van der Waals surface area contributed by atoms with E-state index in [2.05, 4.69) is 11.1 Å². The van der Waals surface area contributed by atoms with Gasteiger partial charge in [-0.25, -0.2) is 4.98 Å². The molecule has 88 valence electrons. The van der Waals surface area contributed by atoms with Gasteiger partial charge in [-0.15, -0.1) is 11.3 Å². The summed E-state index contributed by atoms with van der Waals surface area (Å²) in [6, 6.07) is 8.09. The number of thiazole rings is 1. The van der Waals surface area contributed by atoms with Crippen molar-refractivity contribution in [2.45, 2.75) is 26.7 Å². The fraction of sp³-hybridized carbons (Fsp3) is 0.286. The lowest BCUT2D eigenvalue weighted by molar-refractivity contribution is -0.117. The lowest BCUT2D eigenvalue weighted by atomic mass is 10.1. The molecule has 0 saturated heterocycles. The predicted molar refractivity (Wildman–Crippen MR) is 70.4 cm³/mol. The highest BCUT2D eigenvalue weighted by Gasteiger charge is 2.08. The third-order valence-electron chi connectivity index (χ3n) is 2.50. The molecule has 0 fully saturated rings. The zero-order valence-corrected chi connectivity index (χ0v) is 10.9. The van der Waals surface area contributed by atoms with Gasteiger partial charge in [-0.05, 0) is 19.4 Å². The molecule has 0 aliphatic heterocycles. The summed E-state index contributed by atoms with van der Waals surface area (Å²) < 4.78 is 0. The quantitative estimate of drug-likeness (QED) is 0.828. The van der Waals surface area contributed by atoms with Crippen LogP contribution in [0.2, 0.25) is 0 Å². The van der Waals surface area contributed by atoms with Crippen molar-refractivity contribution in [2.24, 2.45) is 0 Å². The number of Topliss-reactive ketones (excluding diaryl/α,β-unsaturated/α-hetero) is 1. The van der Waals surface area contributed by atoms with E-state index in [1.807, 2.05) is 37.4 Å². The van der Waals surface area contributed by atoms with E-state index in [1.165, 1.54) is 5.56 Å². The molecular formula is C14H15NOS. The van der Waals surface area contributed by atoms with Crippen LogP contribution in [0.5, 0.6) is 0 Å². The van der Waals surface area contributed by atoms with Crippen LogP contribution in [0.4, 0.5) is 0 Å². The number of hydrogen-bond donors (Lipinski definition) is 0. The lowest BCUT2D eigenvalue weighted by Crippen LogP contribution is -2.06. The van der Waals surface area contributed by atoms with Gasteiger partial charge in [0, 0.05) is 17.5 Å². The molecule has 1 heterocycles. The zero-order valence-electron chi connectivity index (χ0n) is 10.1. The summed E-state index contributed by atoms with van der Waals surface area (Å²) in [6.07, 6.45) is 0.951. The van der Waals surface area contributed by atoms with Crippen LogP contribution in [0.3, 0.4) is 0 Å². The van der Waals surface area contributed by atoms with Gasteiger partial charge in [0.15, 0.2) is 0 Å². The molecule has 0 aliphatic carbocycles. The number of carbonyl (C=O) groups is 1. The average molecular weight is 245 g/mol. The fourth-order valence-electron chi connectivity index (χ4n) is 1.76. The van der Waals surface area contributed by atoms with Gasteiger partial charge in [0.05, 0.1) is 6.42 Å². The van der Waals surface area contributed by atoms with Crippen LogP contribution < -0.4 is 0 Å². The average Bonchev–Trinajstić information content (AvgIpc) is 2.63. The van der Waals surface area contributed by atoms with Gasteiger partial charge in [-0.2, -0.15) is 0 Å². The number of aryl methyl sites for hydroxylation is 2. The molecule has 2 aromatic rings. The minimum Gasteiger partial charge on any atom is -0.299 e. The van der Waals surface area contributed by atoms with Crippen LogP contribution in [0, 0.1) is 13.8 Å². The summed E-state index contributed by atoms with van der Waals surface area (Å²) in [5.74, 6) is 0.227. The van der Waals surface area contributed by atoms with Crippen molar-refractivity contribution < 1.29 is 4.79 Å². The van der Waals surface area contributed by atoms with Crippen LogP contribution in [0.15, 0.2) is 29.6 Å². The first-order chi connectivity index (χ1) is 8.13. The smallest absolute Gasteiger partial charge is 0.144 e. The van der Waals surface area contributed by atoms with Gasteiger partial charge in [-0.3, -0.25) is 4.79 Å². The van der Waals surface area contributed by atoms with Gasteiger partial charge in [0.1, 0.15) is 10.8 Å². The number of nitrogens with zero attached hydrogens (tertiary/aromatic N) is 1. The summed E-state index contributed by atoms with van der Waals surface area (Å²) in [7, 11) is 0. The third kappa shape index (κ3) is 3.49. The molecule has 2 nitrogen and oxygen atoms in total. The van der Waals surface area contributed by atoms with Crippen LogP contribution in [0.1, 0.15) is 21.8 Å². The monoisotopic (exact) mass is 245 g/mol. The Bertz CT molecular complexity index is 531. The van der Waals surface area contributed by atoms with E-state index in [1.54, 1.807) is 11.3 Å². The van der Waals surface area contributed by atoms with Gasteiger partial charge in [-0.1, -0.05) is 29.8 Å². The Morgan fingerprint density at radius 1 is 1.29 bits per heavy atom. The highest BCUT2D eigenvalue weighted by atomic mass is 32.1. The summed E-state index contributed by atoms with van der Waals surface area (Å²) >= 11 is 1.56. The molecule has 3 heteroatoms. The van der Waals surface area contributed by atoms with Crippen LogP contribution in [0.25, 0.3) is 0 Å². The van der Waals surface area contributed by atoms with E-state index in [-0.39, 0.29) is 5.78 Å². The molecule has 0 saturated carbocycles. The Balaban J connectivity index is 1.98. The van der Waals surface area contributed by atoms with Gasteiger partial charge >= 0.3 is 0 Å². The third-order valence-corrected chi connectivity index (χ3v) is 3.47. The molecule has 17 heavy (non-hydrogen) atoms. The fourth-order valence-corrected chi connectivity index (χ4v) is 2.57. The second-order valence-electron chi connectivity index (χ2n) is 4.26. The first-order valence-electron chi connectivity index (χ1n) is 5.62. The van der Waals surface area contributed by atoms with Crippen molar-refractivity contribution >= 4 is 17.1 Å². The summed E-state index contributed by atoms with van der Waals surface area (Å²) in [4.78, 5) is 16.2. The maximum absolute atomic E-state index is 11.9. The number of rotatable bonds is 4. The number of aromatic nitrogens is 1. The molecule has 0 aliphatic rings. The number of hydrogen-bond acceptors (Lipinski definition) is 3. The number of benzene rings is 1. The largest absolute Gasteiger partial charge is 0.299 e. The predicted octanol–water partition coefficient (Wildman–Crippen LogP) is 3.11. The van der Waals surface area contributed by atoms with Crippen LogP contribution in [-0.4, -0.2) is 10.8 Å². The highest BCUT2D eigenvalue weighted by Crippen LogP contribution is 2.12. The van der Waals surface area contributed by atoms with Crippen molar-refractivity contribution in [1.82, 2.24) is 4.98 Å². The highest BCUT2D eigenvalue weighted by molar-refractivity contribution is 7.09. The molecule has 0 radical (unpaired) electrons. The Hall–Kier alpha value is -1.48. The Labute approximate surface area is 105 Å². The van der Waals surface area contributed by atoms with Crippen molar-refractivity contribution in [3.05, 3.63) is 51.5 Å². The molecule has 1 aromatic heterocycles. The van der Waals surface area contributed by atoms with E-state index in [4.69, 9.17) is 0 Å². The molecule has 0 bridgehead atoms. The Kier molecular flexibility index (Phi) is 3.69. The molecular weight excluding hydrogens is 230 g/mol. The van der Waals surface area contributed by atoms with Crippen molar-refractivity contribution in [3.8, 4) is 0 Å². The van der Waals surface area contributed by atoms with E-state index in [0.29, 0.717) is 12.8 Å². The van der Waals surface area contributed by atoms with Gasteiger partial charge < -0.3 is 0 Å². The summed E-state index contributed by atoms with van der Waals surface area (Å²) in [5.41, 5.74) is 3.28. The number of carbonyl (C=O) groups excluding carboxylic acids is 1. The van der Waals surface area contributed by atoms with Crippen molar-refractivity contribution in [2.75, 3.05) is 0 Å². The second-order valence-corrected chi connectivity index (χ2v) is 5.21. The lowest BCUT2D eigenvalue weighted by Gasteiger charge is -2.01. The second kappa shape index (κ2) is 5.23. The standard InChI is InChI=1S/C14H15NOS/c1-10-4-3-5-12(6-10)7-13(16)8-14-15-11(2)9-17-14/h3-6,9H,7-8H2,1-2H3. The van der Waals surface area contributed by atoms with Crippen LogP contribution in [-0.2, 0) is 17.6 Å². The zero-order chi connectivity index (χ0) is 12.3. The van der Waals surface area contributed by atoms with E-state index in [9.17, 15) is 4.79 Å². The van der Waals surface area contributed by atoms with Gasteiger partial charge in [0.25, 0.3) is 0 Å². The molecule has 1 aromatic carbocycles. The van der Waals surface area contributed by atoms with E-state index in [0.717, 1.165) is 16.3 Å². The number of ketones is 1. The van der Waals surface area contributed by atoms with E-state index >= 15 is 0 Å². The molecule has 2 rings (SSSR count). The minimum atomic E-state index is 0.227. The first kappa shape index (κ1) is 12.0. The molecule has 0 spiro atoms. The SMILES string of the molecule is Cc1cccc(CC(=O)Cc2nc(C)cs2)c1. The first-order valence-corrected chi connectivity index (χ1v) is 6.50. The minimum absolute atomic E-state index is 0.227.